The Bertz CT molecular complexity index is 1070. The minimum atomic E-state index is -1.53. The van der Waals surface area contributed by atoms with Crippen molar-refractivity contribution >= 4 is 11.8 Å². The highest BCUT2D eigenvalue weighted by atomic mass is 19.1. The maximum absolute atomic E-state index is 15.2. The molecule has 1 fully saturated rings. The average molecular weight is 476 g/mol. The number of nitrogens with zero attached hydrogens (tertiary/aromatic N) is 3. The second-order valence-electron chi connectivity index (χ2n) is 8.70. The van der Waals surface area contributed by atoms with E-state index in [1.54, 1.807) is 0 Å². The molecule has 10 heteroatoms. The number of ketones is 1. The van der Waals surface area contributed by atoms with E-state index in [0.717, 1.165) is 25.5 Å². The highest BCUT2D eigenvalue weighted by Crippen LogP contribution is 2.50. The summed E-state index contributed by atoms with van der Waals surface area (Å²) < 4.78 is 52.7. The van der Waals surface area contributed by atoms with Gasteiger partial charge in [-0.2, -0.15) is 0 Å². The first-order chi connectivity index (χ1) is 16.4. The molecule has 1 aliphatic heterocycles. The van der Waals surface area contributed by atoms with Gasteiger partial charge in [0.1, 0.15) is 29.8 Å². The van der Waals surface area contributed by atoms with Crippen molar-refractivity contribution in [1.29, 1.82) is 0 Å². The minimum Gasteiger partial charge on any atom is -0.462 e. The van der Waals surface area contributed by atoms with Crippen LogP contribution in [0, 0.1) is 17.7 Å². The number of ether oxygens (including phenoxy) is 2. The van der Waals surface area contributed by atoms with Crippen LogP contribution in [0.3, 0.4) is 0 Å². The predicted molar refractivity (Wildman–Crippen MR) is 118 cm³/mol. The number of hydrogen-bond donors (Lipinski definition) is 1. The average Bonchev–Trinajstić information content (AvgIpc) is 2.84. The quantitative estimate of drug-likeness (QED) is 0.577. The fraction of sp³-hybridized carbons (Fsp3) is 0.500. The molecule has 2 N–H and O–H groups in total. The molecule has 0 amide bonds. The molecule has 0 bridgehead atoms. The lowest BCUT2D eigenvalue weighted by Gasteiger charge is -2.49. The Morgan fingerprint density at radius 2 is 2.09 bits per heavy atom. The van der Waals surface area contributed by atoms with Gasteiger partial charge in [-0.3, -0.25) is 4.79 Å². The van der Waals surface area contributed by atoms with Crippen LogP contribution in [0.1, 0.15) is 54.2 Å². The third kappa shape index (κ3) is 4.45. The molecule has 182 valence electrons. The molecule has 1 saturated carbocycles. The Labute approximate surface area is 195 Å². The number of amidine groups is 1. The number of carbonyl (C=O) groups excluding carboxylic acids is 1. The van der Waals surface area contributed by atoms with Crippen molar-refractivity contribution in [2.24, 2.45) is 22.6 Å². The van der Waals surface area contributed by atoms with Crippen LogP contribution in [0.4, 0.5) is 13.2 Å². The highest BCUT2D eigenvalue weighted by molar-refractivity contribution is 5.95. The minimum absolute atomic E-state index is 0.0454. The van der Waals surface area contributed by atoms with E-state index in [0.29, 0.717) is 12.0 Å². The smallest absolute Gasteiger partial charge is 0.283 e. The second kappa shape index (κ2) is 9.99. The fourth-order valence-corrected chi connectivity index (χ4v) is 5.30. The highest BCUT2D eigenvalue weighted by Gasteiger charge is 2.54. The van der Waals surface area contributed by atoms with Gasteiger partial charge in [0.05, 0.1) is 12.4 Å². The number of Topliss-reactive ketones (excluding diaryl/α,β-unsaturated/α-hetero) is 1. The van der Waals surface area contributed by atoms with Crippen LogP contribution in [-0.2, 0) is 16.7 Å². The van der Waals surface area contributed by atoms with Crippen molar-refractivity contribution in [3.05, 3.63) is 53.2 Å². The first-order valence-corrected chi connectivity index (χ1v) is 11.3. The van der Waals surface area contributed by atoms with Crippen LogP contribution in [0.15, 0.2) is 35.6 Å². The molecule has 0 saturated heterocycles. The van der Waals surface area contributed by atoms with E-state index in [-0.39, 0.29) is 53.3 Å². The number of hydrogen-bond acceptors (Lipinski definition) is 7. The van der Waals surface area contributed by atoms with Gasteiger partial charge in [0, 0.05) is 17.9 Å². The summed E-state index contributed by atoms with van der Waals surface area (Å²) in [6, 6.07) is 4.03. The first kappa shape index (κ1) is 24.0. The molecular formula is C24H27F3N4O3. The third-order valence-corrected chi connectivity index (χ3v) is 6.81. The number of nitrogens with two attached hydrogens (primary N) is 1. The summed E-state index contributed by atoms with van der Waals surface area (Å²) in [5.41, 5.74) is 4.99. The van der Waals surface area contributed by atoms with Gasteiger partial charge in [-0.25, -0.2) is 28.1 Å². The molecule has 34 heavy (non-hydrogen) atoms. The summed E-state index contributed by atoms with van der Waals surface area (Å²) >= 11 is 0. The number of alkyl halides is 2. The van der Waals surface area contributed by atoms with Gasteiger partial charge in [-0.05, 0) is 42.9 Å². The molecule has 4 atom stereocenters. The SMILES string of the molecule is CC[C@@H]1CCC[C@H]2OC(N)=N[C@](CF)(c3cc(CC(=O)c4cnc(OCF)cn4)ccc3F)[C@@H]12. The molecule has 1 aromatic heterocycles. The Kier molecular flexibility index (Phi) is 7.04. The lowest BCUT2D eigenvalue weighted by atomic mass is 9.63. The van der Waals surface area contributed by atoms with E-state index in [1.807, 2.05) is 6.92 Å². The van der Waals surface area contributed by atoms with E-state index in [9.17, 15) is 13.6 Å². The zero-order valence-electron chi connectivity index (χ0n) is 18.8. The molecular weight excluding hydrogens is 449 g/mol. The van der Waals surface area contributed by atoms with Crippen LogP contribution in [0.25, 0.3) is 0 Å². The fourth-order valence-electron chi connectivity index (χ4n) is 5.30. The van der Waals surface area contributed by atoms with Gasteiger partial charge in [-0.15, -0.1) is 0 Å². The molecule has 0 radical (unpaired) electrons. The molecule has 4 rings (SSSR count). The number of carbonyl (C=O) groups is 1. The predicted octanol–water partition coefficient (Wildman–Crippen LogP) is 4.05. The van der Waals surface area contributed by atoms with Gasteiger partial charge >= 0.3 is 0 Å². The van der Waals surface area contributed by atoms with Gasteiger partial charge in [0.2, 0.25) is 12.7 Å². The van der Waals surface area contributed by atoms with Crippen molar-refractivity contribution in [3.8, 4) is 5.88 Å². The number of benzene rings is 1. The van der Waals surface area contributed by atoms with Crippen molar-refractivity contribution in [2.45, 2.75) is 50.7 Å². The van der Waals surface area contributed by atoms with Crippen molar-refractivity contribution < 1.29 is 27.4 Å². The molecule has 0 unspecified atom stereocenters. The maximum atomic E-state index is 15.2. The first-order valence-electron chi connectivity index (χ1n) is 11.3. The normalized spacial score (nSPS) is 26.2. The summed E-state index contributed by atoms with van der Waals surface area (Å²) in [5.74, 6) is -1.33. The van der Waals surface area contributed by atoms with Gasteiger partial charge < -0.3 is 15.2 Å². The van der Waals surface area contributed by atoms with Crippen LogP contribution in [0.5, 0.6) is 5.88 Å². The lowest BCUT2D eigenvalue weighted by molar-refractivity contribution is -0.0365. The van der Waals surface area contributed by atoms with Crippen molar-refractivity contribution in [2.75, 3.05) is 13.5 Å². The number of fused-ring (bicyclic) bond motifs is 1. The number of aromatic nitrogens is 2. The van der Waals surface area contributed by atoms with Gasteiger partial charge in [0.15, 0.2) is 5.78 Å². The van der Waals surface area contributed by atoms with E-state index < -0.39 is 24.9 Å². The Balaban J connectivity index is 1.68. The topological polar surface area (TPSA) is 99.7 Å². The molecule has 1 aliphatic carbocycles. The Morgan fingerprint density at radius 1 is 1.26 bits per heavy atom. The van der Waals surface area contributed by atoms with Gasteiger partial charge in [-0.1, -0.05) is 19.4 Å². The monoisotopic (exact) mass is 476 g/mol. The van der Waals surface area contributed by atoms with Crippen LogP contribution in [-0.4, -0.2) is 41.4 Å². The van der Waals surface area contributed by atoms with E-state index in [2.05, 4.69) is 19.7 Å². The molecule has 7 nitrogen and oxygen atoms in total. The zero-order valence-corrected chi connectivity index (χ0v) is 18.8. The van der Waals surface area contributed by atoms with Crippen LogP contribution in [0.2, 0.25) is 0 Å². The molecule has 2 heterocycles. The Hall–Kier alpha value is -3.17. The third-order valence-electron chi connectivity index (χ3n) is 6.81. The van der Waals surface area contributed by atoms with E-state index in [1.165, 1.54) is 24.4 Å². The van der Waals surface area contributed by atoms with Crippen molar-refractivity contribution in [3.63, 3.8) is 0 Å². The summed E-state index contributed by atoms with van der Waals surface area (Å²) in [7, 11) is 0. The summed E-state index contributed by atoms with van der Waals surface area (Å²) in [6.45, 7) is 0.0219. The zero-order chi connectivity index (χ0) is 24.3. The van der Waals surface area contributed by atoms with Crippen LogP contribution >= 0.6 is 0 Å². The molecule has 0 spiro atoms. The molecule has 2 aliphatic rings. The second-order valence-corrected chi connectivity index (χ2v) is 8.70. The number of rotatable bonds is 8. The number of halogens is 3. The van der Waals surface area contributed by atoms with Gasteiger partial charge in [0.25, 0.3) is 6.02 Å². The maximum Gasteiger partial charge on any atom is 0.283 e. The summed E-state index contributed by atoms with van der Waals surface area (Å²) in [6.07, 6.45) is 5.13. The summed E-state index contributed by atoms with van der Waals surface area (Å²) in [5, 5.41) is 0. The summed E-state index contributed by atoms with van der Waals surface area (Å²) in [4.78, 5) is 24.9. The Morgan fingerprint density at radius 3 is 2.76 bits per heavy atom. The van der Waals surface area contributed by atoms with E-state index in [4.69, 9.17) is 10.5 Å². The van der Waals surface area contributed by atoms with Crippen molar-refractivity contribution in [1.82, 2.24) is 9.97 Å². The van der Waals surface area contributed by atoms with E-state index >= 15 is 4.39 Å². The number of aliphatic imine (C=N–C) groups is 1. The molecule has 1 aromatic carbocycles. The lowest BCUT2D eigenvalue weighted by Crippen LogP contribution is -2.55. The standard InChI is InChI=1S/C24H27F3N4O3/c1-2-15-4-3-5-20-22(15)24(12-25,31-23(28)34-20)16-8-14(6-7-17(16)27)9-19(32)18-10-30-21(11-29-18)33-13-26/h6-8,10-11,15,20,22H,2-5,9,12-13H2,1H3,(H2,28,31)/t15-,20-,22+,24-/m1/s1. The van der Waals surface area contributed by atoms with Crippen LogP contribution < -0.4 is 10.5 Å². The molecule has 2 aromatic rings. The largest absolute Gasteiger partial charge is 0.462 e.